The second-order valence-corrected chi connectivity index (χ2v) is 6.24. The predicted molar refractivity (Wildman–Crippen MR) is 117 cm³/mol. The molecule has 1 aliphatic rings. The minimum Gasteiger partial charge on any atom is -0.466 e. The smallest absolute Gasteiger partial charge is 0.309 e. The Kier molecular flexibility index (Phi) is 10.8. The van der Waals surface area contributed by atoms with E-state index in [-0.39, 0.29) is 48.3 Å². The molecule has 0 aromatic heterocycles. The minimum atomic E-state index is -0.408. The van der Waals surface area contributed by atoms with Crippen LogP contribution in [0.25, 0.3) is 0 Å². The van der Waals surface area contributed by atoms with Crippen molar-refractivity contribution in [3.63, 3.8) is 0 Å². The third kappa shape index (κ3) is 7.61. The van der Waals surface area contributed by atoms with Gasteiger partial charge in [-0.15, -0.1) is 24.0 Å². The summed E-state index contributed by atoms with van der Waals surface area (Å²) < 4.78 is 18.3. The molecule has 0 atom stereocenters. The maximum absolute atomic E-state index is 13.2. The molecule has 0 bridgehead atoms. The summed E-state index contributed by atoms with van der Waals surface area (Å²) >= 11 is 0. The van der Waals surface area contributed by atoms with Crippen molar-refractivity contribution in [2.24, 2.45) is 10.9 Å². The molecule has 2 N–H and O–H groups in total. The first-order valence-electron chi connectivity index (χ1n) is 9.28. The number of hydrogen-bond donors (Lipinski definition) is 2. The van der Waals surface area contributed by atoms with Crippen LogP contribution in [0.15, 0.2) is 29.3 Å². The van der Waals surface area contributed by atoms with Crippen molar-refractivity contribution < 1.29 is 18.7 Å². The van der Waals surface area contributed by atoms with E-state index >= 15 is 0 Å². The van der Waals surface area contributed by atoms with Crippen LogP contribution in [0.3, 0.4) is 0 Å². The lowest BCUT2D eigenvalue weighted by Gasteiger charge is -2.33. The number of hydrogen-bond acceptors (Lipinski definition) is 4. The first-order chi connectivity index (χ1) is 13.0. The van der Waals surface area contributed by atoms with Gasteiger partial charge in [-0.1, -0.05) is 6.07 Å². The molecular formula is C19H28FIN4O3. The standard InChI is InChI=1S/C19H27FN4O3.HI/c1-3-21-19(24-10-8-14(9-11-24)18(26)27-4-2)22-13-17(25)23-16-7-5-6-15(20)12-16;/h5-7,12,14H,3-4,8-11,13H2,1-2H3,(H,21,22)(H,23,25);1H. The van der Waals surface area contributed by atoms with Crippen molar-refractivity contribution in [1.82, 2.24) is 10.2 Å². The number of rotatable bonds is 6. The summed E-state index contributed by atoms with van der Waals surface area (Å²) in [5.74, 6) is -0.324. The molecular weight excluding hydrogens is 478 g/mol. The highest BCUT2D eigenvalue weighted by atomic mass is 127. The average Bonchev–Trinajstić information content (AvgIpc) is 2.65. The van der Waals surface area contributed by atoms with E-state index in [0.717, 1.165) is 0 Å². The van der Waals surface area contributed by atoms with Gasteiger partial charge in [-0.25, -0.2) is 9.38 Å². The second kappa shape index (κ2) is 12.5. The fourth-order valence-corrected chi connectivity index (χ4v) is 2.93. The van der Waals surface area contributed by atoms with E-state index in [2.05, 4.69) is 15.6 Å². The summed E-state index contributed by atoms with van der Waals surface area (Å²) in [6.07, 6.45) is 1.39. The number of aliphatic imine (C=N–C) groups is 1. The van der Waals surface area contributed by atoms with Gasteiger partial charge in [-0.3, -0.25) is 9.59 Å². The molecule has 1 amide bonds. The Morgan fingerprint density at radius 3 is 2.61 bits per heavy atom. The summed E-state index contributed by atoms with van der Waals surface area (Å²) in [6.45, 7) is 6.08. The fraction of sp³-hybridized carbons (Fsp3) is 0.526. The van der Waals surface area contributed by atoms with Gasteiger partial charge in [-0.05, 0) is 44.9 Å². The van der Waals surface area contributed by atoms with Crippen LogP contribution in [0.5, 0.6) is 0 Å². The van der Waals surface area contributed by atoms with Crippen molar-refractivity contribution in [1.29, 1.82) is 0 Å². The van der Waals surface area contributed by atoms with Gasteiger partial charge >= 0.3 is 5.97 Å². The minimum absolute atomic E-state index is 0. The highest BCUT2D eigenvalue weighted by Crippen LogP contribution is 2.18. The van der Waals surface area contributed by atoms with Crippen LogP contribution < -0.4 is 10.6 Å². The number of nitrogens with one attached hydrogen (secondary N) is 2. The molecule has 9 heteroatoms. The molecule has 0 radical (unpaired) electrons. The van der Waals surface area contributed by atoms with Crippen LogP contribution in [0.1, 0.15) is 26.7 Å². The van der Waals surface area contributed by atoms with Gasteiger partial charge in [-0.2, -0.15) is 0 Å². The van der Waals surface area contributed by atoms with Crippen LogP contribution in [0.4, 0.5) is 10.1 Å². The summed E-state index contributed by atoms with van der Waals surface area (Å²) in [6, 6.07) is 5.73. The topological polar surface area (TPSA) is 83.0 Å². The molecule has 0 unspecified atom stereocenters. The molecule has 28 heavy (non-hydrogen) atoms. The lowest BCUT2D eigenvalue weighted by atomic mass is 9.97. The maximum atomic E-state index is 13.2. The Morgan fingerprint density at radius 1 is 1.29 bits per heavy atom. The molecule has 1 aromatic rings. The molecule has 0 saturated carbocycles. The van der Waals surface area contributed by atoms with Crippen LogP contribution in [0.2, 0.25) is 0 Å². The van der Waals surface area contributed by atoms with E-state index in [1.165, 1.54) is 18.2 Å². The number of piperidine rings is 1. The summed E-state index contributed by atoms with van der Waals surface area (Å²) in [4.78, 5) is 30.3. The third-order valence-electron chi connectivity index (χ3n) is 4.23. The number of nitrogens with zero attached hydrogens (tertiary/aromatic N) is 2. The van der Waals surface area contributed by atoms with Gasteiger partial charge in [0.05, 0.1) is 12.5 Å². The number of anilines is 1. The Balaban J connectivity index is 0.00000392. The third-order valence-corrected chi connectivity index (χ3v) is 4.23. The number of amides is 1. The SMILES string of the molecule is CCNC(=NCC(=O)Nc1cccc(F)c1)N1CCC(C(=O)OCC)CC1.I. The van der Waals surface area contributed by atoms with Crippen LogP contribution in [-0.2, 0) is 14.3 Å². The van der Waals surface area contributed by atoms with Gasteiger partial charge in [0.15, 0.2) is 5.96 Å². The first-order valence-corrected chi connectivity index (χ1v) is 9.28. The Hall–Kier alpha value is -1.91. The number of halogens is 2. The molecule has 1 heterocycles. The molecule has 0 spiro atoms. The number of guanidine groups is 1. The molecule has 0 aliphatic carbocycles. The molecule has 1 aromatic carbocycles. The highest BCUT2D eigenvalue weighted by molar-refractivity contribution is 14.0. The zero-order valence-corrected chi connectivity index (χ0v) is 18.6. The van der Waals surface area contributed by atoms with E-state index in [1.54, 1.807) is 13.0 Å². The molecule has 1 saturated heterocycles. The predicted octanol–water partition coefficient (Wildman–Crippen LogP) is 2.62. The van der Waals surface area contributed by atoms with Crippen molar-refractivity contribution in [3.8, 4) is 0 Å². The van der Waals surface area contributed by atoms with Crippen LogP contribution >= 0.6 is 24.0 Å². The van der Waals surface area contributed by atoms with Gasteiger partial charge in [0.2, 0.25) is 5.91 Å². The maximum Gasteiger partial charge on any atom is 0.309 e. The number of ether oxygens (including phenoxy) is 1. The van der Waals surface area contributed by atoms with Crippen molar-refractivity contribution in [2.75, 3.05) is 38.1 Å². The van der Waals surface area contributed by atoms with Crippen molar-refractivity contribution >= 4 is 47.5 Å². The van der Waals surface area contributed by atoms with Crippen molar-refractivity contribution in [2.45, 2.75) is 26.7 Å². The number of carbonyl (C=O) groups is 2. The summed E-state index contributed by atoms with van der Waals surface area (Å²) in [5, 5.41) is 5.80. The van der Waals surface area contributed by atoms with E-state index in [9.17, 15) is 14.0 Å². The van der Waals surface area contributed by atoms with Gasteiger partial charge in [0, 0.05) is 25.3 Å². The molecule has 7 nitrogen and oxygen atoms in total. The normalized spacial score (nSPS) is 14.8. The van der Waals surface area contributed by atoms with Gasteiger partial charge in [0.25, 0.3) is 0 Å². The van der Waals surface area contributed by atoms with E-state index in [1.807, 2.05) is 11.8 Å². The van der Waals surface area contributed by atoms with E-state index in [0.29, 0.717) is 50.7 Å². The van der Waals surface area contributed by atoms with Crippen molar-refractivity contribution in [3.05, 3.63) is 30.1 Å². The summed E-state index contributed by atoms with van der Waals surface area (Å²) in [7, 11) is 0. The molecule has 156 valence electrons. The quantitative estimate of drug-likeness (QED) is 0.268. The van der Waals surface area contributed by atoms with Gasteiger partial charge < -0.3 is 20.3 Å². The fourth-order valence-electron chi connectivity index (χ4n) is 2.93. The number of carbonyl (C=O) groups excluding carboxylic acids is 2. The Bertz CT molecular complexity index is 679. The number of likely N-dealkylation sites (tertiary alicyclic amines) is 1. The largest absolute Gasteiger partial charge is 0.466 e. The molecule has 1 fully saturated rings. The Labute approximate surface area is 182 Å². The Morgan fingerprint density at radius 2 is 2.00 bits per heavy atom. The van der Waals surface area contributed by atoms with Crippen LogP contribution in [0, 0.1) is 11.7 Å². The monoisotopic (exact) mass is 506 g/mol. The second-order valence-electron chi connectivity index (χ2n) is 6.24. The lowest BCUT2D eigenvalue weighted by molar-refractivity contribution is -0.149. The molecule has 1 aliphatic heterocycles. The summed E-state index contributed by atoms with van der Waals surface area (Å²) in [5.41, 5.74) is 0.399. The average molecular weight is 506 g/mol. The zero-order valence-electron chi connectivity index (χ0n) is 16.2. The molecule has 2 rings (SSSR count). The highest BCUT2D eigenvalue weighted by Gasteiger charge is 2.27. The van der Waals surface area contributed by atoms with Gasteiger partial charge in [0.1, 0.15) is 12.4 Å². The lowest BCUT2D eigenvalue weighted by Crippen LogP contribution is -2.47. The first kappa shape index (κ1) is 24.1. The van der Waals surface area contributed by atoms with E-state index < -0.39 is 5.82 Å². The zero-order chi connectivity index (χ0) is 19.6. The van der Waals surface area contributed by atoms with Crippen LogP contribution in [-0.4, -0.2) is 55.5 Å². The number of esters is 1. The van der Waals surface area contributed by atoms with E-state index in [4.69, 9.17) is 4.74 Å². The number of benzene rings is 1.